The Balaban J connectivity index is 1.71. The standard InChI is InChI=1S/C39H20BrN/c40-31-20-19-30-35-26(31)14-8-16-28(35)37-33(23-11-5-2-6-12-23)38-29-18-17-24(21-41)25-13-7-15-27(34(25)29)36(38)32(39(30)37)22-9-3-1-4-10-22/h1-20H. The Labute approximate surface area is 244 Å². The van der Waals surface area contributed by atoms with Crippen LogP contribution in [-0.4, -0.2) is 0 Å². The fraction of sp³-hybridized carbons (Fsp3) is 0. The lowest BCUT2D eigenvalue weighted by atomic mass is 9.87. The summed E-state index contributed by atoms with van der Waals surface area (Å²) in [5.74, 6) is 0. The van der Waals surface area contributed by atoms with E-state index in [4.69, 9.17) is 0 Å². The van der Waals surface area contributed by atoms with Crippen LogP contribution in [0.4, 0.5) is 0 Å². The van der Waals surface area contributed by atoms with Crippen LogP contribution in [0.15, 0.2) is 126 Å². The summed E-state index contributed by atoms with van der Waals surface area (Å²) in [6, 6.07) is 45.9. The van der Waals surface area contributed by atoms with Crippen LogP contribution in [0.3, 0.4) is 0 Å². The Morgan fingerprint density at radius 2 is 0.829 bits per heavy atom. The molecule has 0 bridgehead atoms. The van der Waals surface area contributed by atoms with Crippen LogP contribution in [0.2, 0.25) is 0 Å². The van der Waals surface area contributed by atoms with Crippen molar-refractivity contribution < 1.29 is 0 Å². The molecule has 9 rings (SSSR count). The first kappa shape index (κ1) is 22.8. The molecule has 0 radical (unpaired) electrons. The summed E-state index contributed by atoms with van der Waals surface area (Å²) < 4.78 is 1.11. The van der Waals surface area contributed by atoms with Gasteiger partial charge in [0.15, 0.2) is 0 Å². The average molecular weight is 583 g/mol. The van der Waals surface area contributed by atoms with E-state index in [1.165, 1.54) is 81.5 Å². The van der Waals surface area contributed by atoms with Crippen molar-refractivity contribution in [2.24, 2.45) is 0 Å². The van der Waals surface area contributed by atoms with Crippen LogP contribution >= 0.6 is 15.9 Å². The van der Waals surface area contributed by atoms with Crippen LogP contribution in [0.25, 0.3) is 86.9 Å². The molecule has 0 aliphatic heterocycles. The smallest absolute Gasteiger partial charge is 0.0998 e. The summed E-state index contributed by atoms with van der Waals surface area (Å²) in [6.07, 6.45) is 0. The minimum Gasteiger partial charge on any atom is -0.192 e. The van der Waals surface area contributed by atoms with Gasteiger partial charge in [-0.15, -0.1) is 0 Å². The number of halogens is 1. The monoisotopic (exact) mass is 581 g/mol. The van der Waals surface area contributed by atoms with E-state index in [0.717, 1.165) is 9.86 Å². The van der Waals surface area contributed by atoms with Crippen molar-refractivity contribution in [1.82, 2.24) is 0 Å². The van der Waals surface area contributed by atoms with E-state index in [9.17, 15) is 5.26 Å². The summed E-state index contributed by atoms with van der Waals surface area (Å²) in [7, 11) is 0. The maximum absolute atomic E-state index is 10.0. The lowest BCUT2D eigenvalue weighted by Gasteiger charge is -2.15. The number of hydrogen-bond acceptors (Lipinski definition) is 1. The molecule has 188 valence electrons. The van der Waals surface area contributed by atoms with Crippen LogP contribution in [0.1, 0.15) is 5.56 Å². The molecule has 0 unspecified atom stereocenters. The fourth-order valence-corrected chi connectivity index (χ4v) is 7.79. The molecular formula is C39H20BrN. The van der Waals surface area contributed by atoms with Crippen LogP contribution in [0, 0.1) is 11.3 Å². The number of fused-ring (bicyclic) bond motifs is 6. The third-order valence-corrected chi connectivity index (χ3v) is 9.54. The van der Waals surface area contributed by atoms with Gasteiger partial charge in [0.2, 0.25) is 0 Å². The molecular weight excluding hydrogens is 562 g/mol. The second-order valence-corrected chi connectivity index (χ2v) is 11.7. The molecule has 0 atom stereocenters. The van der Waals surface area contributed by atoms with Crippen molar-refractivity contribution >= 4 is 80.6 Å². The molecule has 41 heavy (non-hydrogen) atoms. The molecule has 0 N–H and O–H groups in total. The van der Waals surface area contributed by atoms with Gasteiger partial charge in [0.05, 0.1) is 11.6 Å². The van der Waals surface area contributed by atoms with Crippen molar-refractivity contribution in [3.05, 3.63) is 131 Å². The van der Waals surface area contributed by atoms with Crippen molar-refractivity contribution in [2.75, 3.05) is 0 Å². The highest BCUT2D eigenvalue weighted by atomic mass is 79.9. The zero-order valence-corrected chi connectivity index (χ0v) is 23.5. The number of benzene rings is 7. The van der Waals surface area contributed by atoms with Gasteiger partial charge in [-0.1, -0.05) is 125 Å². The summed E-state index contributed by atoms with van der Waals surface area (Å²) in [5.41, 5.74) is 5.64. The van der Waals surface area contributed by atoms with Gasteiger partial charge >= 0.3 is 0 Å². The average Bonchev–Trinajstić information content (AvgIpc) is 3.54. The molecule has 0 saturated carbocycles. The van der Waals surface area contributed by atoms with E-state index in [0.29, 0.717) is 5.56 Å². The number of nitrogens with zero attached hydrogens (tertiary/aromatic N) is 1. The van der Waals surface area contributed by atoms with Gasteiger partial charge in [0, 0.05) is 9.86 Å². The van der Waals surface area contributed by atoms with E-state index in [-0.39, 0.29) is 0 Å². The zero-order chi connectivity index (χ0) is 27.2. The normalized spacial score (nSPS) is 12.0. The predicted molar refractivity (Wildman–Crippen MR) is 177 cm³/mol. The van der Waals surface area contributed by atoms with Gasteiger partial charge in [0.1, 0.15) is 0 Å². The van der Waals surface area contributed by atoms with E-state index < -0.39 is 0 Å². The van der Waals surface area contributed by atoms with Gasteiger partial charge in [-0.25, -0.2) is 0 Å². The van der Waals surface area contributed by atoms with Gasteiger partial charge < -0.3 is 0 Å². The van der Waals surface area contributed by atoms with Gasteiger partial charge in [0.25, 0.3) is 0 Å². The predicted octanol–water partition coefficient (Wildman–Crippen LogP) is 11.4. The topological polar surface area (TPSA) is 23.8 Å². The highest BCUT2D eigenvalue weighted by molar-refractivity contribution is 9.10. The molecule has 2 heteroatoms. The Morgan fingerprint density at radius 1 is 0.390 bits per heavy atom. The van der Waals surface area contributed by atoms with Gasteiger partial charge in [-0.2, -0.15) is 5.26 Å². The van der Waals surface area contributed by atoms with E-state index in [2.05, 4.69) is 137 Å². The first-order valence-corrected chi connectivity index (χ1v) is 14.6. The van der Waals surface area contributed by atoms with Gasteiger partial charge in [-0.3, -0.25) is 0 Å². The highest BCUT2D eigenvalue weighted by Crippen LogP contribution is 2.55. The molecule has 0 aliphatic rings. The number of hydrogen-bond donors (Lipinski definition) is 0. The fourth-order valence-electron chi connectivity index (χ4n) is 7.32. The number of rotatable bonds is 2. The Kier molecular flexibility index (Phi) is 4.60. The van der Waals surface area contributed by atoms with Gasteiger partial charge in [-0.05, 0) is 93.6 Å². The van der Waals surface area contributed by atoms with Crippen LogP contribution < -0.4 is 0 Å². The van der Waals surface area contributed by atoms with E-state index in [1.54, 1.807) is 0 Å². The molecule has 0 aliphatic carbocycles. The first-order chi connectivity index (χ1) is 20.3. The van der Waals surface area contributed by atoms with Crippen molar-refractivity contribution in [3.63, 3.8) is 0 Å². The molecule has 9 aromatic rings. The lowest BCUT2D eigenvalue weighted by molar-refractivity contribution is 1.51. The molecule has 0 spiro atoms. The SMILES string of the molecule is N#Cc1ccc2c3c(-c4ccccc4)c4c5cccc6c(Br)ccc(c4c(-c4ccccc4)c3c3cccc1c32)c65. The van der Waals surface area contributed by atoms with Crippen molar-refractivity contribution in [3.8, 4) is 28.3 Å². The molecule has 1 nitrogen and oxygen atoms in total. The Bertz CT molecular complexity index is 2420. The van der Waals surface area contributed by atoms with E-state index in [1.807, 2.05) is 6.07 Å². The molecule has 0 heterocycles. The molecule has 0 saturated heterocycles. The second kappa shape index (κ2) is 8.27. The summed E-state index contributed by atoms with van der Waals surface area (Å²) in [5, 5.41) is 24.8. The largest absolute Gasteiger partial charge is 0.192 e. The molecule has 0 amide bonds. The molecule has 0 aromatic heterocycles. The Hall–Kier alpha value is -4.97. The van der Waals surface area contributed by atoms with Crippen molar-refractivity contribution in [2.45, 2.75) is 0 Å². The lowest BCUT2D eigenvalue weighted by Crippen LogP contribution is -1.87. The first-order valence-electron chi connectivity index (χ1n) is 13.8. The minimum atomic E-state index is 0.716. The Morgan fingerprint density at radius 3 is 1.37 bits per heavy atom. The van der Waals surface area contributed by atoms with Crippen LogP contribution in [-0.2, 0) is 0 Å². The molecule has 0 fully saturated rings. The number of nitriles is 1. The summed E-state index contributed by atoms with van der Waals surface area (Å²) in [4.78, 5) is 0. The maximum Gasteiger partial charge on any atom is 0.0998 e. The quantitative estimate of drug-likeness (QED) is 0.199. The summed E-state index contributed by atoms with van der Waals surface area (Å²) in [6.45, 7) is 0. The zero-order valence-electron chi connectivity index (χ0n) is 21.9. The van der Waals surface area contributed by atoms with E-state index >= 15 is 0 Å². The minimum absolute atomic E-state index is 0.716. The second-order valence-electron chi connectivity index (χ2n) is 10.8. The van der Waals surface area contributed by atoms with Crippen molar-refractivity contribution in [1.29, 1.82) is 5.26 Å². The van der Waals surface area contributed by atoms with Crippen LogP contribution in [0.5, 0.6) is 0 Å². The molecule has 9 aromatic carbocycles. The maximum atomic E-state index is 10.0. The third kappa shape index (κ3) is 2.89. The highest BCUT2D eigenvalue weighted by Gasteiger charge is 2.27. The summed E-state index contributed by atoms with van der Waals surface area (Å²) >= 11 is 3.85. The third-order valence-electron chi connectivity index (χ3n) is 8.85.